The minimum absolute atomic E-state index is 0.00956. The normalized spacial score (nSPS) is 27.6. The van der Waals surface area contributed by atoms with E-state index >= 15 is 0 Å². The zero-order valence-electron chi connectivity index (χ0n) is 16.1. The summed E-state index contributed by atoms with van der Waals surface area (Å²) in [5.41, 5.74) is 3.23. The zero-order chi connectivity index (χ0) is 21.5. The molecule has 4 aliphatic rings. The summed E-state index contributed by atoms with van der Waals surface area (Å²) in [5, 5.41) is 11.6. The molecule has 1 fully saturated rings. The second-order valence-corrected chi connectivity index (χ2v) is 8.72. The van der Waals surface area contributed by atoms with Gasteiger partial charge in [-0.2, -0.15) is 0 Å². The molecule has 7 rings (SSSR count). The molecule has 0 radical (unpaired) electrons. The van der Waals surface area contributed by atoms with E-state index in [4.69, 9.17) is 11.6 Å². The molecule has 1 aliphatic heterocycles. The lowest BCUT2D eigenvalue weighted by molar-refractivity contribution is -0.384. The monoisotopic (exact) mass is 430 g/mol. The van der Waals surface area contributed by atoms with E-state index in [1.807, 2.05) is 48.5 Å². The summed E-state index contributed by atoms with van der Waals surface area (Å²) in [6, 6.07) is 21.1. The second-order valence-electron chi connectivity index (χ2n) is 8.13. The highest BCUT2D eigenvalue weighted by Gasteiger charge is 2.68. The topological polar surface area (TPSA) is 80.5 Å². The molecule has 0 saturated carbocycles. The summed E-state index contributed by atoms with van der Waals surface area (Å²) >= 11 is 7.34. The lowest BCUT2D eigenvalue weighted by Gasteiger charge is -2.50. The smallest absolute Gasteiger partial charge is 0.274 e. The summed E-state index contributed by atoms with van der Waals surface area (Å²) in [5.74, 6) is -2.82. The Balaban J connectivity index is 1.62. The minimum Gasteiger partial charge on any atom is -0.274 e. The number of hydrogen-bond donors (Lipinski definition) is 0. The molecule has 0 spiro atoms. The maximum absolute atomic E-state index is 13.7. The van der Waals surface area contributed by atoms with E-state index in [0.717, 1.165) is 27.2 Å². The van der Waals surface area contributed by atoms with Crippen molar-refractivity contribution in [1.29, 1.82) is 0 Å². The van der Waals surface area contributed by atoms with Crippen LogP contribution in [0.3, 0.4) is 0 Å². The average Bonchev–Trinajstić information content (AvgIpc) is 3.05. The number of alkyl halides is 1. The van der Waals surface area contributed by atoms with Gasteiger partial charge in [-0.25, -0.2) is 4.90 Å². The number of imide groups is 1. The quantitative estimate of drug-likeness (QED) is 0.262. The van der Waals surface area contributed by atoms with Gasteiger partial charge in [-0.05, 0) is 28.3 Å². The first-order chi connectivity index (χ1) is 15.0. The number of para-hydroxylation sites is 2. The minimum atomic E-state index is -1.21. The number of rotatable bonds is 2. The number of amides is 2. The number of anilines is 1. The van der Waals surface area contributed by atoms with Crippen molar-refractivity contribution in [3.05, 3.63) is 105 Å². The van der Waals surface area contributed by atoms with Crippen molar-refractivity contribution in [2.24, 2.45) is 11.8 Å². The number of carbonyl (C=O) groups is 2. The number of carbonyl (C=O) groups excluding carboxylic acids is 2. The standard InChI is InChI=1S/C24H15ClN2O4/c25-24-15-9-3-1-7-13(15)19(14-8-2-4-10-16(14)24)20-21(24)23(29)26(22(20)28)17-11-5-6-12-18(17)27(30)31/h1-12,19-21H/t19?,20-,21-,24?/m1/s1. The molecular formula is C24H15ClN2O4. The van der Waals surface area contributed by atoms with Crippen molar-refractivity contribution in [2.75, 3.05) is 4.90 Å². The molecule has 6 nitrogen and oxygen atoms in total. The van der Waals surface area contributed by atoms with Gasteiger partial charge in [0.2, 0.25) is 11.8 Å². The molecule has 2 atom stereocenters. The Morgan fingerprint density at radius 3 is 2.00 bits per heavy atom. The van der Waals surface area contributed by atoms with Crippen molar-refractivity contribution in [3.63, 3.8) is 0 Å². The predicted octanol–water partition coefficient (Wildman–Crippen LogP) is 4.34. The second kappa shape index (κ2) is 6.02. The van der Waals surface area contributed by atoms with Crippen LogP contribution in [0.25, 0.3) is 0 Å². The number of nitrogens with zero attached hydrogens (tertiary/aromatic N) is 2. The summed E-state index contributed by atoms with van der Waals surface area (Å²) in [6.45, 7) is 0. The van der Waals surface area contributed by atoms with E-state index in [0.29, 0.717) is 0 Å². The first-order valence-electron chi connectivity index (χ1n) is 9.95. The molecule has 0 unspecified atom stereocenters. The average molecular weight is 431 g/mol. The third-order valence-corrected chi connectivity index (χ3v) is 7.48. The highest BCUT2D eigenvalue weighted by Crippen LogP contribution is 2.66. The van der Waals surface area contributed by atoms with Gasteiger partial charge in [0.05, 0.1) is 16.8 Å². The van der Waals surface area contributed by atoms with Gasteiger partial charge in [0.25, 0.3) is 5.69 Å². The molecule has 7 heteroatoms. The van der Waals surface area contributed by atoms with Gasteiger partial charge < -0.3 is 0 Å². The van der Waals surface area contributed by atoms with Gasteiger partial charge in [0, 0.05) is 12.0 Å². The van der Waals surface area contributed by atoms with E-state index in [-0.39, 0.29) is 17.3 Å². The predicted molar refractivity (Wildman–Crippen MR) is 114 cm³/mol. The molecule has 152 valence electrons. The van der Waals surface area contributed by atoms with Crippen LogP contribution >= 0.6 is 11.6 Å². The Hall–Kier alpha value is -3.51. The van der Waals surface area contributed by atoms with E-state index < -0.39 is 33.4 Å². The number of benzene rings is 3. The molecule has 0 aromatic heterocycles. The summed E-state index contributed by atoms with van der Waals surface area (Å²) in [7, 11) is 0. The molecule has 2 bridgehead atoms. The molecule has 0 N–H and O–H groups in total. The van der Waals surface area contributed by atoms with Crippen molar-refractivity contribution in [1.82, 2.24) is 0 Å². The Labute approximate surface area is 182 Å². The third-order valence-electron chi connectivity index (χ3n) is 6.83. The highest BCUT2D eigenvalue weighted by molar-refractivity contribution is 6.33. The molecule has 31 heavy (non-hydrogen) atoms. The Morgan fingerprint density at radius 1 is 0.839 bits per heavy atom. The summed E-state index contributed by atoms with van der Waals surface area (Å²) < 4.78 is 0. The van der Waals surface area contributed by atoms with Crippen molar-refractivity contribution >= 4 is 34.8 Å². The molecule has 2 amide bonds. The van der Waals surface area contributed by atoms with Crippen LogP contribution in [0.5, 0.6) is 0 Å². The lowest BCUT2D eigenvalue weighted by Crippen LogP contribution is -2.50. The van der Waals surface area contributed by atoms with Crippen LogP contribution in [0.4, 0.5) is 11.4 Å². The van der Waals surface area contributed by atoms with Crippen LogP contribution in [-0.2, 0) is 14.5 Å². The first-order valence-corrected chi connectivity index (χ1v) is 10.3. The van der Waals surface area contributed by atoms with Crippen molar-refractivity contribution in [3.8, 4) is 0 Å². The fourth-order valence-electron chi connectivity index (χ4n) is 5.72. The van der Waals surface area contributed by atoms with Crippen LogP contribution in [0.15, 0.2) is 72.8 Å². The number of hydrogen-bond acceptors (Lipinski definition) is 4. The van der Waals surface area contributed by atoms with Gasteiger partial charge in [0.15, 0.2) is 0 Å². The first kappa shape index (κ1) is 18.3. The van der Waals surface area contributed by atoms with Crippen molar-refractivity contribution in [2.45, 2.75) is 10.8 Å². The van der Waals surface area contributed by atoms with Gasteiger partial charge in [-0.3, -0.25) is 19.7 Å². The molecule has 1 heterocycles. The third kappa shape index (κ3) is 2.08. The van der Waals surface area contributed by atoms with Gasteiger partial charge >= 0.3 is 0 Å². The molecule has 1 saturated heterocycles. The van der Waals surface area contributed by atoms with E-state index in [9.17, 15) is 19.7 Å². The van der Waals surface area contributed by atoms with Crippen LogP contribution in [0.2, 0.25) is 0 Å². The summed E-state index contributed by atoms with van der Waals surface area (Å²) in [6.07, 6.45) is 0. The number of halogens is 1. The van der Waals surface area contributed by atoms with Gasteiger partial charge in [-0.1, -0.05) is 60.7 Å². The SMILES string of the molecule is O=C1[C@@H]2C3c4ccccc4C(Cl)(c4ccccc43)[C@H]2C(=O)N1c1ccccc1[N+](=O)[O-]. The number of nitro benzene ring substituents is 1. The number of nitro groups is 1. The highest BCUT2D eigenvalue weighted by atomic mass is 35.5. The largest absolute Gasteiger partial charge is 0.293 e. The molecular weight excluding hydrogens is 416 g/mol. The Morgan fingerprint density at radius 2 is 1.39 bits per heavy atom. The van der Waals surface area contributed by atoms with Gasteiger partial charge in [-0.15, -0.1) is 11.6 Å². The van der Waals surface area contributed by atoms with Gasteiger partial charge in [0.1, 0.15) is 10.6 Å². The Kier molecular flexibility index (Phi) is 3.55. The van der Waals surface area contributed by atoms with Crippen molar-refractivity contribution < 1.29 is 14.5 Å². The molecule has 3 aliphatic carbocycles. The van der Waals surface area contributed by atoms with Crippen LogP contribution in [-0.4, -0.2) is 16.7 Å². The Bertz CT molecular complexity index is 1270. The van der Waals surface area contributed by atoms with Crippen LogP contribution in [0.1, 0.15) is 28.2 Å². The zero-order valence-corrected chi connectivity index (χ0v) is 16.8. The van der Waals surface area contributed by atoms with E-state index in [1.54, 1.807) is 6.07 Å². The molecule has 3 aromatic rings. The maximum Gasteiger partial charge on any atom is 0.293 e. The molecule has 3 aromatic carbocycles. The fourth-order valence-corrected chi connectivity index (χ4v) is 6.30. The van der Waals surface area contributed by atoms with E-state index in [1.165, 1.54) is 18.2 Å². The van der Waals surface area contributed by atoms with Crippen LogP contribution in [0, 0.1) is 22.0 Å². The fraction of sp³-hybridized carbons (Fsp3) is 0.167. The van der Waals surface area contributed by atoms with Crippen LogP contribution < -0.4 is 4.90 Å². The summed E-state index contributed by atoms with van der Waals surface area (Å²) in [4.78, 5) is 38.2. The van der Waals surface area contributed by atoms with E-state index in [2.05, 4.69) is 0 Å². The lowest BCUT2D eigenvalue weighted by atomic mass is 9.54. The maximum atomic E-state index is 13.7.